The lowest BCUT2D eigenvalue weighted by Gasteiger charge is -2.07. The van der Waals surface area contributed by atoms with Gasteiger partial charge in [0, 0.05) is 11.1 Å². The SMILES string of the molecule is Cc1ccc(C#Cc2ccc(C)c(C3=CCCC3)c2)cc1. The molecule has 1 aliphatic rings. The van der Waals surface area contributed by atoms with Crippen LogP contribution >= 0.6 is 0 Å². The first-order chi connectivity index (χ1) is 10.2. The van der Waals surface area contributed by atoms with Crippen LogP contribution in [0.2, 0.25) is 0 Å². The van der Waals surface area contributed by atoms with Crippen LogP contribution < -0.4 is 0 Å². The Morgan fingerprint density at radius 2 is 1.57 bits per heavy atom. The van der Waals surface area contributed by atoms with E-state index in [1.165, 1.54) is 41.5 Å². The van der Waals surface area contributed by atoms with Gasteiger partial charge in [0.05, 0.1) is 0 Å². The molecule has 0 bridgehead atoms. The molecule has 0 heterocycles. The van der Waals surface area contributed by atoms with Crippen molar-refractivity contribution in [2.75, 3.05) is 0 Å². The summed E-state index contributed by atoms with van der Waals surface area (Å²) >= 11 is 0. The molecule has 0 aromatic heterocycles. The van der Waals surface area contributed by atoms with Gasteiger partial charge in [0.1, 0.15) is 0 Å². The van der Waals surface area contributed by atoms with Gasteiger partial charge in [-0.3, -0.25) is 0 Å². The average Bonchev–Trinajstić information content (AvgIpc) is 3.02. The molecule has 3 rings (SSSR count). The monoisotopic (exact) mass is 272 g/mol. The largest absolute Gasteiger partial charge is 0.0807 e. The summed E-state index contributed by atoms with van der Waals surface area (Å²) in [5.74, 6) is 6.55. The highest BCUT2D eigenvalue weighted by atomic mass is 14.1. The van der Waals surface area contributed by atoms with Crippen LogP contribution in [-0.2, 0) is 0 Å². The maximum atomic E-state index is 3.29. The van der Waals surface area contributed by atoms with Gasteiger partial charge >= 0.3 is 0 Å². The Balaban J connectivity index is 1.90. The predicted molar refractivity (Wildman–Crippen MR) is 90.2 cm³/mol. The van der Waals surface area contributed by atoms with Crippen molar-refractivity contribution in [3.8, 4) is 11.8 Å². The van der Waals surface area contributed by atoms with Crippen molar-refractivity contribution in [3.05, 3.63) is 76.4 Å². The zero-order valence-electron chi connectivity index (χ0n) is 12.7. The van der Waals surface area contributed by atoms with Gasteiger partial charge in [-0.15, -0.1) is 0 Å². The van der Waals surface area contributed by atoms with Gasteiger partial charge in [0.15, 0.2) is 0 Å². The summed E-state index contributed by atoms with van der Waals surface area (Å²) in [6.07, 6.45) is 6.08. The third-order valence-electron chi connectivity index (χ3n) is 4.03. The number of benzene rings is 2. The Labute approximate surface area is 127 Å². The van der Waals surface area contributed by atoms with Crippen molar-refractivity contribution in [2.45, 2.75) is 33.1 Å². The first-order valence-corrected chi connectivity index (χ1v) is 7.61. The molecule has 1 aliphatic carbocycles. The van der Waals surface area contributed by atoms with Crippen LogP contribution in [0, 0.1) is 25.7 Å². The molecule has 0 unspecified atom stereocenters. The molecule has 2 aromatic carbocycles. The quantitative estimate of drug-likeness (QED) is 0.620. The summed E-state index contributed by atoms with van der Waals surface area (Å²) in [4.78, 5) is 0. The van der Waals surface area contributed by atoms with Crippen molar-refractivity contribution in [1.29, 1.82) is 0 Å². The highest BCUT2D eigenvalue weighted by Gasteiger charge is 2.09. The molecule has 0 heteroatoms. The van der Waals surface area contributed by atoms with Gasteiger partial charge in [-0.2, -0.15) is 0 Å². The molecule has 0 N–H and O–H groups in total. The molecule has 0 saturated heterocycles. The second-order valence-corrected chi connectivity index (χ2v) is 5.77. The van der Waals surface area contributed by atoms with E-state index in [0.29, 0.717) is 0 Å². The molecule has 21 heavy (non-hydrogen) atoms. The molecule has 0 aliphatic heterocycles. The molecule has 0 nitrogen and oxygen atoms in total. The molecular formula is C21H20. The molecule has 0 amide bonds. The fourth-order valence-corrected chi connectivity index (χ4v) is 2.74. The third-order valence-corrected chi connectivity index (χ3v) is 4.03. The average molecular weight is 272 g/mol. The van der Waals surface area contributed by atoms with E-state index in [2.05, 4.69) is 74.2 Å². The van der Waals surface area contributed by atoms with Gasteiger partial charge in [-0.25, -0.2) is 0 Å². The molecule has 2 aromatic rings. The van der Waals surface area contributed by atoms with Crippen molar-refractivity contribution in [3.63, 3.8) is 0 Å². The second-order valence-electron chi connectivity index (χ2n) is 5.77. The Kier molecular flexibility index (Phi) is 3.93. The predicted octanol–water partition coefficient (Wildman–Crippen LogP) is 5.27. The van der Waals surface area contributed by atoms with Crippen LogP contribution in [0.4, 0.5) is 0 Å². The van der Waals surface area contributed by atoms with E-state index in [4.69, 9.17) is 0 Å². The summed E-state index contributed by atoms with van der Waals surface area (Å²) in [6.45, 7) is 4.28. The Morgan fingerprint density at radius 3 is 2.29 bits per heavy atom. The fourth-order valence-electron chi connectivity index (χ4n) is 2.74. The first kappa shape index (κ1) is 13.7. The van der Waals surface area contributed by atoms with E-state index in [0.717, 1.165) is 11.1 Å². The van der Waals surface area contributed by atoms with Crippen LogP contribution in [0.3, 0.4) is 0 Å². The number of allylic oxidation sites excluding steroid dienone is 2. The van der Waals surface area contributed by atoms with Gasteiger partial charge in [-0.1, -0.05) is 41.7 Å². The molecule has 0 saturated carbocycles. The summed E-state index contributed by atoms with van der Waals surface area (Å²) in [7, 11) is 0. The highest BCUT2D eigenvalue weighted by Crippen LogP contribution is 2.30. The molecule has 0 spiro atoms. The second kappa shape index (κ2) is 6.02. The van der Waals surface area contributed by atoms with Crippen LogP contribution in [0.5, 0.6) is 0 Å². The van der Waals surface area contributed by atoms with Gasteiger partial charge in [0.25, 0.3) is 0 Å². The van der Waals surface area contributed by atoms with E-state index in [1.807, 2.05) is 0 Å². The van der Waals surface area contributed by atoms with Gasteiger partial charge < -0.3 is 0 Å². The summed E-state index contributed by atoms with van der Waals surface area (Å²) < 4.78 is 0. The van der Waals surface area contributed by atoms with E-state index < -0.39 is 0 Å². The minimum absolute atomic E-state index is 1.07. The standard InChI is InChI=1S/C21H20/c1-16-7-10-18(11-8-16)13-14-19-12-9-17(2)21(15-19)20-5-3-4-6-20/h5,7-12,15H,3-4,6H2,1-2H3. The number of hydrogen-bond donors (Lipinski definition) is 0. The Morgan fingerprint density at radius 1 is 0.857 bits per heavy atom. The minimum Gasteiger partial charge on any atom is -0.0807 e. The lowest BCUT2D eigenvalue weighted by Crippen LogP contribution is -1.88. The van der Waals surface area contributed by atoms with Crippen LogP contribution in [0.25, 0.3) is 5.57 Å². The maximum absolute atomic E-state index is 3.29. The smallest absolute Gasteiger partial charge is 0.0255 e. The fraction of sp³-hybridized carbons (Fsp3) is 0.238. The molecular weight excluding hydrogens is 252 g/mol. The Bertz CT molecular complexity index is 734. The van der Waals surface area contributed by atoms with E-state index >= 15 is 0 Å². The van der Waals surface area contributed by atoms with Crippen molar-refractivity contribution in [1.82, 2.24) is 0 Å². The van der Waals surface area contributed by atoms with Crippen LogP contribution in [0.15, 0.2) is 48.5 Å². The number of aryl methyl sites for hydroxylation is 2. The molecule has 0 radical (unpaired) electrons. The maximum Gasteiger partial charge on any atom is 0.0255 e. The summed E-state index contributed by atoms with van der Waals surface area (Å²) in [5.41, 5.74) is 7.66. The first-order valence-electron chi connectivity index (χ1n) is 7.61. The molecule has 104 valence electrons. The van der Waals surface area contributed by atoms with Crippen molar-refractivity contribution in [2.24, 2.45) is 0 Å². The van der Waals surface area contributed by atoms with Crippen LogP contribution in [-0.4, -0.2) is 0 Å². The molecule has 0 atom stereocenters. The number of hydrogen-bond acceptors (Lipinski definition) is 0. The molecule has 0 fully saturated rings. The van der Waals surface area contributed by atoms with Crippen molar-refractivity contribution >= 4 is 5.57 Å². The zero-order valence-corrected chi connectivity index (χ0v) is 12.7. The normalized spacial score (nSPS) is 13.5. The minimum atomic E-state index is 1.07. The lowest BCUT2D eigenvalue weighted by atomic mass is 9.97. The zero-order chi connectivity index (χ0) is 14.7. The van der Waals surface area contributed by atoms with E-state index in [-0.39, 0.29) is 0 Å². The summed E-state index contributed by atoms with van der Waals surface area (Å²) in [5, 5.41) is 0. The lowest BCUT2D eigenvalue weighted by molar-refractivity contribution is 0.935. The summed E-state index contributed by atoms with van der Waals surface area (Å²) in [6, 6.07) is 14.9. The number of rotatable bonds is 1. The van der Waals surface area contributed by atoms with E-state index in [9.17, 15) is 0 Å². The third kappa shape index (κ3) is 3.26. The van der Waals surface area contributed by atoms with Gasteiger partial charge in [-0.05, 0) is 74.1 Å². The van der Waals surface area contributed by atoms with Gasteiger partial charge in [0.2, 0.25) is 0 Å². The van der Waals surface area contributed by atoms with Crippen molar-refractivity contribution < 1.29 is 0 Å². The van der Waals surface area contributed by atoms with Crippen LogP contribution in [0.1, 0.15) is 47.1 Å². The van der Waals surface area contributed by atoms with E-state index in [1.54, 1.807) is 0 Å². The Hall–Kier alpha value is -2.26. The topological polar surface area (TPSA) is 0 Å². The highest BCUT2D eigenvalue weighted by molar-refractivity contribution is 5.71.